The molecule has 8 nitrogen and oxygen atoms in total. The molecule has 2 heterocycles. The molecular weight excluding hydrogens is 248 g/mol. The number of nitrogens with one attached hydrogen (secondary N) is 2. The van der Waals surface area contributed by atoms with Crippen molar-refractivity contribution in [3.63, 3.8) is 0 Å². The number of primary amides is 1. The molecule has 0 saturated heterocycles. The van der Waals surface area contributed by atoms with Gasteiger partial charge in [-0.2, -0.15) is 10.4 Å². The van der Waals surface area contributed by atoms with Crippen LogP contribution in [0.15, 0.2) is 24.5 Å². The van der Waals surface area contributed by atoms with Crippen molar-refractivity contribution in [3.05, 3.63) is 41.5 Å². The van der Waals surface area contributed by atoms with Gasteiger partial charge in [0.25, 0.3) is 11.8 Å². The Morgan fingerprint density at radius 1 is 1.37 bits per heavy atom. The lowest BCUT2D eigenvalue weighted by Crippen LogP contribution is -2.18. The van der Waals surface area contributed by atoms with E-state index in [2.05, 4.69) is 20.5 Å². The van der Waals surface area contributed by atoms with Gasteiger partial charge >= 0.3 is 0 Å². The first-order valence-corrected chi connectivity index (χ1v) is 5.12. The summed E-state index contributed by atoms with van der Waals surface area (Å²) in [5.41, 5.74) is 5.72. The van der Waals surface area contributed by atoms with Crippen LogP contribution >= 0.6 is 0 Å². The van der Waals surface area contributed by atoms with Crippen LogP contribution < -0.4 is 11.1 Å². The van der Waals surface area contributed by atoms with E-state index < -0.39 is 11.8 Å². The van der Waals surface area contributed by atoms with Gasteiger partial charge < -0.3 is 11.1 Å². The van der Waals surface area contributed by atoms with Crippen LogP contribution in [0.25, 0.3) is 0 Å². The Labute approximate surface area is 107 Å². The predicted molar refractivity (Wildman–Crippen MR) is 64.0 cm³/mol. The zero-order chi connectivity index (χ0) is 13.8. The molecule has 0 aliphatic heterocycles. The topological polar surface area (TPSA) is 138 Å². The largest absolute Gasteiger partial charge is 0.364 e. The standard InChI is InChI=1S/C11H8N6O2/c12-3-6-1-2-7(14-4-6)11(19)16-8-5-15-17-9(8)10(13)18/h1-2,4-5H,(H2,13,18)(H,15,17)(H,16,19). The van der Waals surface area contributed by atoms with Crippen LogP contribution in [0.2, 0.25) is 0 Å². The summed E-state index contributed by atoms with van der Waals surface area (Å²) in [6.45, 7) is 0. The van der Waals surface area contributed by atoms with Crippen LogP contribution in [0.3, 0.4) is 0 Å². The predicted octanol–water partition coefficient (Wildman–Crippen LogP) is 0.0276. The van der Waals surface area contributed by atoms with Crippen LogP contribution in [0.1, 0.15) is 26.5 Å². The third-order valence-corrected chi connectivity index (χ3v) is 2.26. The Kier molecular flexibility index (Phi) is 3.20. The van der Waals surface area contributed by atoms with Gasteiger partial charge in [-0.3, -0.25) is 14.7 Å². The Balaban J connectivity index is 2.19. The highest BCUT2D eigenvalue weighted by Crippen LogP contribution is 2.12. The number of carbonyl (C=O) groups excluding carboxylic acids is 2. The first kappa shape index (κ1) is 12.3. The molecule has 8 heteroatoms. The Morgan fingerprint density at radius 2 is 2.16 bits per heavy atom. The van der Waals surface area contributed by atoms with Crippen LogP contribution in [0.5, 0.6) is 0 Å². The van der Waals surface area contributed by atoms with Crippen molar-refractivity contribution in [1.82, 2.24) is 15.2 Å². The number of amides is 2. The second-order valence-electron chi connectivity index (χ2n) is 3.52. The minimum absolute atomic E-state index is 0.00185. The van der Waals surface area contributed by atoms with Crippen LogP contribution in [-0.2, 0) is 0 Å². The minimum Gasteiger partial charge on any atom is -0.364 e. The fourth-order valence-electron chi connectivity index (χ4n) is 1.35. The molecule has 2 aromatic heterocycles. The molecule has 94 valence electrons. The van der Waals surface area contributed by atoms with Gasteiger partial charge in [-0.1, -0.05) is 0 Å². The molecule has 0 atom stereocenters. The fourth-order valence-corrected chi connectivity index (χ4v) is 1.35. The highest BCUT2D eigenvalue weighted by atomic mass is 16.2. The van der Waals surface area contributed by atoms with Crippen molar-refractivity contribution in [3.8, 4) is 6.07 Å². The van der Waals surface area contributed by atoms with Gasteiger partial charge in [0.05, 0.1) is 17.4 Å². The second kappa shape index (κ2) is 4.97. The van der Waals surface area contributed by atoms with Gasteiger partial charge in [0.15, 0.2) is 0 Å². The van der Waals surface area contributed by atoms with Crippen molar-refractivity contribution in [2.75, 3.05) is 5.32 Å². The monoisotopic (exact) mass is 256 g/mol. The zero-order valence-electron chi connectivity index (χ0n) is 9.54. The van der Waals surface area contributed by atoms with E-state index in [4.69, 9.17) is 11.0 Å². The van der Waals surface area contributed by atoms with Gasteiger partial charge in [0.1, 0.15) is 17.5 Å². The number of hydrogen-bond donors (Lipinski definition) is 3. The fraction of sp³-hybridized carbons (Fsp3) is 0. The first-order chi connectivity index (χ1) is 9.11. The molecule has 0 bridgehead atoms. The molecule has 0 aliphatic rings. The molecule has 2 rings (SSSR count). The molecular formula is C11H8N6O2. The van der Waals surface area contributed by atoms with Crippen LogP contribution in [-0.4, -0.2) is 27.0 Å². The maximum absolute atomic E-state index is 11.8. The number of pyridine rings is 1. The normalized spacial score (nSPS) is 9.63. The Morgan fingerprint density at radius 3 is 2.74 bits per heavy atom. The maximum Gasteiger partial charge on any atom is 0.274 e. The smallest absolute Gasteiger partial charge is 0.274 e. The van der Waals surface area contributed by atoms with Gasteiger partial charge in [-0.15, -0.1) is 0 Å². The van der Waals surface area contributed by atoms with Crippen LogP contribution in [0.4, 0.5) is 5.69 Å². The summed E-state index contributed by atoms with van der Waals surface area (Å²) in [6, 6.07) is 4.76. The van der Waals surface area contributed by atoms with Crippen molar-refractivity contribution in [2.24, 2.45) is 5.73 Å². The highest BCUT2D eigenvalue weighted by Gasteiger charge is 2.14. The summed E-state index contributed by atoms with van der Waals surface area (Å²) >= 11 is 0. The van der Waals surface area contributed by atoms with E-state index in [9.17, 15) is 9.59 Å². The first-order valence-electron chi connectivity index (χ1n) is 5.12. The van der Waals surface area contributed by atoms with Gasteiger partial charge in [0.2, 0.25) is 0 Å². The molecule has 0 aliphatic carbocycles. The molecule has 4 N–H and O–H groups in total. The average Bonchev–Trinajstić information content (AvgIpc) is 2.87. The van der Waals surface area contributed by atoms with E-state index in [0.717, 1.165) is 0 Å². The molecule has 0 radical (unpaired) electrons. The van der Waals surface area contributed by atoms with E-state index in [1.165, 1.54) is 24.5 Å². The number of hydrogen-bond acceptors (Lipinski definition) is 5. The summed E-state index contributed by atoms with van der Waals surface area (Å²) in [6.07, 6.45) is 2.54. The SMILES string of the molecule is N#Cc1ccc(C(=O)Nc2cn[nH]c2C(N)=O)nc1. The van der Waals surface area contributed by atoms with Crippen molar-refractivity contribution in [2.45, 2.75) is 0 Å². The highest BCUT2D eigenvalue weighted by molar-refractivity contribution is 6.06. The lowest BCUT2D eigenvalue weighted by molar-refractivity contribution is 0.0996. The molecule has 0 spiro atoms. The van der Waals surface area contributed by atoms with E-state index >= 15 is 0 Å². The van der Waals surface area contributed by atoms with E-state index in [1.807, 2.05) is 6.07 Å². The van der Waals surface area contributed by atoms with E-state index in [-0.39, 0.29) is 17.1 Å². The Bertz CT molecular complexity index is 667. The number of rotatable bonds is 3. The zero-order valence-corrected chi connectivity index (χ0v) is 9.54. The number of nitrogens with two attached hydrogens (primary N) is 1. The number of nitrogens with zero attached hydrogens (tertiary/aromatic N) is 3. The van der Waals surface area contributed by atoms with E-state index in [1.54, 1.807) is 0 Å². The van der Waals surface area contributed by atoms with Crippen LogP contribution in [0, 0.1) is 11.3 Å². The third-order valence-electron chi connectivity index (χ3n) is 2.26. The molecule has 0 saturated carbocycles. The quantitative estimate of drug-likeness (QED) is 0.711. The van der Waals surface area contributed by atoms with Crippen molar-refractivity contribution < 1.29 is 9.59 Å². The molecule has 2 aromatic rings. The van der Waals surface area contributed by atoms with Gasteiger partial charge in [-0.25, -0.2) is 4.98 Å². The lowest BCUT2D eigenvalue weighted by atomic mass is 10.2. The molecule has 2 amide bonds. The van der Waals surface area contributed by atoms with E-state index in [0.29, 0.717) is 5.56 Å². The number of aromatic amines is 1. The Hall–Kier alpha value is -3.21. The summed E-state index contributed by atoms with van der Waals surface area (Å²) in [5.74, 6) is -1.27. The van der Waals surface area contributed by atoms with Gasteiger partial charge in [-0.05, 0) is 12.1 Å². The lowest BCUT2D eigenvalue weighted by Gasteiger charge is -2.03. The van der Waals surface area contributed by atoms with Crippen molar-refractivity contribution in [1.29, 1.82) is 5.26 Å². The number of nitriles is 1. The maximum atomic E-state index is 11.8. The average molecular weight is 256 g/mol. The summed E-state index contributed by atoms with van der Waals surface area (Å²) < 4.78 is 0. The number of carbonyl (C=O) groups is 2. The van der Waals surface area contributed by atoms with Gasteiger partial charge in [0, 0.05) is 6.20 Å². The molecule has 0 unspecified atom stereocenters. The number of anilines is 1. The summed E-state index contributed by atoms with van der Waals surface area (Å²) in [4.78, 5) is 26.7. The number of aromatic nitrogens is 3. The minimum atomic E-state index is -0.736. The second-order valence-corrected chi connectivity index (χ2v) is 3.52. The summed E-state index contributed by atoms with van der Waals surface area (Å²) in [5, 5.41) is 17.1. The molecule has 0 aromatic carbocycles. The third kappa shape index (κ3) is 2.55. The number of H-pyrrole nitrogens is 1. The molecule has 19 heavy (non-hydrogen) atoms. The van der Waals surface area contributed by atoms with Crippen molar-refractivity contribution >= 4 is 17.5 Å². The summed E-state index contributed by atoms with van der Waals surface area (Å²) in [7, 11) is 0. The molecule has 0 fully saturated rings.